The third kappa shape index (κ3) is 3.46. The molecule has 3 aromatic rings. The van der Waals surface area contributed by atoms with E-state index in [1.54, 1.807) is 42.5 Å². The van der Waals surface area contributed by atoms with Crippen molar-refractivity contribution in [2.75, 3.05) is 4.72 Å². The third-order valence-corrected chi connectivity index (χ3v) is 4.97. The Hall–Kier alpha value is -2.67. The Labute approximate surface area is 141 Å². The number of rotatable bonds is 5. The predicted octanol–water partition coefficient (Wildman–Crippen LogP) is 3.14. The maximum atomic E-state index is 12.5. The first-order valence-corrected chi connectivity index (χ1v) is 9.07. The molecule has 24 heavy (non-hydrogen) atoms. The van der Waals surface area contributed by atoms with Gasteiger partial charge in [-0.2, -0.15) is 5.10 Å². The molecule has 0 bridgehead atoms. The minimum atomic E-state index is -3.63. The number of aryl methyl sites for hydroxylation is 2. The van der Waals surface area contributed by atoms with E-state index in [0.29, 0.717) is 11.5 Å². The van der Waals surface area contributed by atoms with Crippen molar-refractivity contribution in [3.8, 4) is 11.4 Å². The summed E-state index contributed by atoms with van der Waals surface area (Å²) in [5, 5.41) is 7.00. The van der Waals surface area contributed by atoms with Crippen molar-refractivity contribution in [2.24, 2.45) is 0 Å². The summed E-state index contributed by atoms with van der Waals surface area (Å²) in [4.78, 5) is 4.59. The third-order valence-electron chi connectivity index (χ3n) is 3.57. The maximum absolute atomic E-state index is 12.5. The maximum Gasteiger partial charge on any atom is 0.261 e. The van der Waals surface area contributed by atoms with E-state index in [2.05, 4.69) is 19.9 Å². The number of hydrogen-bond acceptors (Lipinski definition) is 4. The monoisotopic (exact) mass is 342 g/mol. The van der Waals surface area contributed by atoms with Crippen LogP contribution in [0.1, 0.15) is 18.3 Å². The van der Waals surface area contributed by atoms with Gasteiger partial charge in [-0.25, -0.2) is 13.4 Å². The van der Waals surface area contributed by atoms with E-state index in [1.807, 2.05) is 19.9 Å². The largest absolute Gasteiger partial charge is 0.280 e. The zero-order chi connectivity index (χ0) is 17.2. The summed E-state index contributed by atoms with van der Waals surface area (Å²) in [6.45, 7) is 3.89. The highest BCUT2D eigenvalue weighted by atomic mass is 32.2. The molecule has 0 unspecified atom stereocenters. The number of benzene rings is 2. The fourth-order valence-electron chi connectivity index (χ4n) is 2.24. The molecule has 6 nitrogen and oxygen atoms in total. The molecule has 0 aliphatic rings. The Balaban J connectivity index is 1.87. The molecule has 0 amide bonds. The number of H-pyrrole nitrogens is 1. The quantitative estimate of drug-likeness (QED) is 0.745. The molecule has 0 saturated heterocycles. The number of nitrogens with zero attached hydrogens (tertiary/aromatic N) is 2. The number of hydrogen-bond donors (Lipinski definition) is 2. The van der Waals surface area contributed by atoms with Gasteiger partial charge < -0.3 is 0 Å². The molecule has 124 valence electrons. The summed E-state index contributed by atoms with van der Waals surface area (Å²) in [6, 6.07) is 13.7. The summed E-state index contributed by atoms with van der Waals surface area (Å²) < 4.78 is 27.5. The van der Waals surface area contributed by atoms with E-state index >= 15 is 0 Å². The Morgan fingerprint density at radius 2 is 1.88 bits per heavy atom. The first kappa shape index (κ1) is 16.2. The lowest BCUT2D eigenvalue weighted by Gasteiger charge is -2.09. The molecule has 0 radical (unpaired) electrons. The van der Waals surface area contributed by atoms with E-state index in [9.17, 15) is 8.42 Å². The molecule has 1 aromatic heterocycles. The lowest BCUT2D eigenvalue weighted by atomic mass is 10.2. The van der Waals surface area contributed by atoms with Crippen LogP contribution in [0.5, 0.6) is 0 Å². The molecule has 0 saturated carbocycles. The summed E-state index contributed by atoms with van der Waals surface area (Å²) in [7, 11) is -3.63. The number of aromatic nitrogens is 3. The van der Waals surface area contributed by atoms with Crippen molar-refractivity contribution in [3.63, 3.8) is 0 Å². The van der Waals surface area contributed by atoms with Crippen LogP contribution in [-0.4, -0.2) is 23.6 Å². The highest BCUT2D eigenvalue weighted by molar-refractivity contribution is 7.92. The van der Waals surface area contributed by atoms with Gasteiger partial charge in [0.1, 0.15) is 5.82 Å². The van der Waals surface area contributed by atoms with Gasteiger partial charge in [0.15, 0.2) is 5.82 Å². The fraction of sp³-hybridized carbons (Fsp3) is 0.176. The highest BCUT2D eigenvalue weighted by Crippen LogP contribution is 2.22. The van der Waals surface area contributed by atoms with E-state index in [-0.39, 0.29) is 4.90 Å². The van der Waals surface area contributed by atoms with E-state index in [0.717, 1.165) is 23.4 Å². The Bertz CT molecular complexity index is 947. The van der Waals surface area contributed by atoms with Crippen molar-refractivity contribution >= 4 is 15.7 Å². The van der Waals surface area contributed by atoms with Crippen LogP contribution in [0.2, 0.25) is 0 Å². The van der Waals surface area contributed by atoms with E-state index in [4.69, 9.17) is 0 Å². The highest BCUT2D eigenvalue weighted by Gasteiger charge is 2.14. The van der Waals surface area contributed by atoms with Gasteiger partial charge in [-0.05, 0) is 31.2 Å². The van der Waals surface area contributed by atoms with E-state index in [1.165, 1.54) is 0 Å². The van der Waals surface area contributed by atoms with Crippen molar-refractivity contribution in [1.82, 2.24) is 15.2 Å². The van der Waals surface area contributed by atoms with Gasteiger partial charge in [-0.1, -0.05) is 36.8 Å². The van der Waals surface area contributed by atoms with Gasteiger partial charge in [0.2, 0.25) is 0 Å². The van der Waals surface area contributed by atoms with Crippen LogP contribution in [0.4, 0.5) is 5.69 Å². The van der Waals surface area contributed by atoms with Crippen LogP contribution in [0.25, 0.3) is 11.4 Å². The summed E-state index contributed by atoms with van der Waals surface area (Å²) >= 11 is 0. The second-order valence-corrected chi connectivity index (χ2v) is 7.14. The Kier molecular flexibility index (Phi) is 4.35. The average molecular weight is 342 g/mol. The molecule has 1 heterocycles. The number of sulfonamides is 1. The molecule has 0 fully saturated rings. The molecule has 0 atom stereocenters. The number of nitrogens with one attached hydrogen (secondary N) is 2. The molecule has 0 spiro atoms. The van der Waals surface area contributed by atoms with Crippen LogP contribution < -0.4 is 4.72 Å². The van der Waals surface area contributed by atoms with Crippen molar-refractivity contribution in [2.45, 2.75) is 25.2 Å². The Morgan fingerprint density at radius 1 is 1.12 bits per heavy atom. The van der Waals surface area contributed by atoms with E-state index < -0.39 is 10.0 Å². The molecular weight excluding hydrogens is 324 g/mol. The predicted molar refractivity (Wildman–Crippen MR) is 93.2 cm³/mol. The first-order valence-electron chi connectivity index (χ1n) is 7.59. The second-order valence-electron chi connectivity index (χ2n) is 5.46. The van der Waals surface area contributed by atoms with Crippen LogP contribution in [0.15, 0.2) is 53.4 Å². The van der Waals surface area contributed by atoms with Crippen LogP contribution in [0.3, 0.4) is 0 Å². The normalized spacial score (nSPS) is 11.4. The van der Waals surface area contributed by atoms with Crippen molar-refractivity contribution < 1.29 is 8.42 Å². The molecule has 0 aliphatic heterocycles. The number of aromatic amines is 1. The van der Waals surface area contributed by atoms with Crippen molar-refractivity contribution in [1.29, 1.82) is 0 Å². The minimum Gasteiger partial charge on any atom is -0.280 e. The standard InChI is InChI=1S/C17H18N4O2S/c1-3-16-18-17(20-19-16)13-5-4-6-14(11-13)21-24(22,23)15-9-7-12(2)8-10-15/h4-11,21H,3H2,1-2H3,(H,18,19,20). The second kappa shape index (κ2) is 6.45. The summed E-state index contributed by atoms with van der Waals surface area (Å²) in [5.74, 6) is 1.33. The molecular formula is C17H18N4O2S. The van der Waals surface area contributed by atoms with Crippen LogP contribution >= 0.6 is 0 Å². The van der Waals surface area contributed by atoms with Gasteiger partial charge in [0, 0.05) is 17.7 Å². The zero-order valence-electron chi connectivity index (χ0n) is 13.4. The summed E-state index contributed by atoms with van der Waals surface area (Å²) in [6.07, 6.45) is 0.757. The lowest BCUT2D eigenvalue weighted by Crippen LogP contribution is -2.12. The van der Waals surface area contributed by atoms with Gasteiger partial charge >= 0.3 is 0 Å². The molecule has 3 rings (SSSR count). The topological polar surface area (TPSA) is 87.7 Å². The van der Waals surface area contributed by atoms with Gasteiger partial charge in [0.05, 0.1) is 4.90 Å². The van der Waals surface area contributed by atoms with Gasteiger partial charge in [0.25, 0.3) is 10.0 Å². The lowest BCUT2D eigenvalue weighted by molar-refractivity contribution is 0.601. The fourth-order valence-corrected chi connectivity index (χ4v) is 3.29. The molecule has 0 aliphatic carbocycles. The summed E-state index contributed by atoms with van der Waals surface area (Å²) in [5.41, 5.74) is 2.22. The molecule has 7 heteroatoms. The van der Waals surface area contributed by atoms with Crippen LogP contribution in [-0.2, 0) is 16.4 Å². The average Bonchev–Trinajstić information content (AvgIpc) is 3.04. The Morgan fingerprint density at radius 3 is 2.54 bits per heavy atom. The van der Waals surface area contributed by atoms with Gasteiger partial charge in [-0.15, -0.1) is 0 Å². The zero-order valence-corrected chi connectivity index (χ0v) is 14.3. The molecule has 2 aromatic carbocycles. The van der Waals surface area contributed by atoms with Crippen LogP contribution in [0, 0.1) is 6.92 Å². The number of anilines is 1. The smallest absolute Gasteiger partial charge is 0.261 e. The SMILES string of the molecule is CCc1nc(-c2cccc(NS(=O)(=O)c3ccc(C)cc3)c2)n[nH]1. The first-order chi connectivity index (χ1) is 11.5. The molecule has 2 N–H and O–H groups in total. The van der Waals surface area contributed by atoms with Crippen molar-refractivity contribution in [3.05, 3.63) is 59.9 Å². The minimum absolute atomic E-state index is 0.227. The van der Waals surface area contributed by atoms with Gasteiger partial charge in [-0.3, -0.25) is 9.82 Å².